The minimum Gasteiger partial charge on any atom is -0.317 e. The lowest BCUT2D eigenvalue weighted by Crippen LogP contribution is -2.41. The monoisotopic (exact) mass is 308 g/mol. The average molecular weight is 308 g/mol. The van der Waals surface area contributed by atoms with Crippen molar-refractivity contribution in [2.24, 2.45) is 0 Å². The van der Waals surface area contributed by atoms with Crippen molar-refractivity contribution in [2.45, 2.75) is 32.4 Å². The van der Waals surface area contributed by atoms with Crippen LogP contribution < -0.4 is 0 Å². The molecule has 120 valence electrons. The zero-order chi connectivity index (χ0) is 16.4. The lowest BCUT2D eigenvalue weighted by Gasteiger charge is -2.31. The Labute approximate surface area is 138 Å². The Hall–Kier alpha value is -2.13. The number of hydrogen-bond acceptors (Lipinski definition) is 2. The summed E-state index contributed by atoms with van der Waals surface area (Å²) in [6.07, 6.45) is 0. The Morgan fingerprint density at radius 1 is 0.957 bits per heavy atom. The van der Waals surface area contributed by atoms with Crippen LogP contribution in [0.4, 0.5) is 0 Å². The second-order valence-corrected chi connectivity index (χ2v) is 7.10. The molecule has 1 heterocycles. The molecule has 1 amide bonds. The molecule has 0 aliphatic carbocycles. The highest BCUT2D eigenvalue weighted by molar-refractivity contribution is 5.94. The minimum atomic E-state index is 0.0404. The summed E-state index contributed by atoms with van der Waals surface area (Å²) in [6, 6.07) is 20.0. The molecule has 0 aromatic heterocycles. The van der Waals surface area contributed by atoms with Gasteiger partial charge in [-0.05, 0) is 38.5 Å². The number of hydrogen-bond donors (Lipinski definition) is 0. The summed E-state index contributed by atoms with van der Waals surface area (Å²) in [6.45, 7) is 8.13. The van der Waals surface area contributed by atoms with Crippen LogP contribution in [0.3, 0.4) is 0 Å². The summed E-state index contributed by atoms with van der Waals surface area (Å²) in [5.41, 5.74) is 1.99. The quantitative estimate of drug-likeness (QED) is 0.839. The fourth-order valence-electron chi connectivity index (χ4n) is 3.05. The molecule has 0 spiro atoms. The van der Waals surface area contributed by atoms with E-state index >= 15 is 0 Å². The molecule has 0 bridgehead atoms. The zero-order valence-corrected chi connectivity index (χ0v) is 14.1. The molecule has 2 aromatic carbocycles. The third-order valence-corrected chi connectivity index (χ3v) is 4.51. The lowest BCUT2D eigenvalue weighted by atomic mass is 10.0. The lowest BCUT2D eigenvalue weighted by molar-refractivity contribution is 0.0682. The fourth-order valence-corrected chi connectivity index (χ4v) is 3.05. The van der Waals surface area contributed by atoms with E-state index in [-0.39, 0.29) is 17.5 Å². The van der Waals surface area contributed by atoms with E-state index in [1.165, 1.54) is 5.56 Å². The molecule has 0 radical (unpaired) electrons. The maximum atomic E-state index is 13.0. The average Bonchev–Trinajstić information content (AvgIpc) is 3.01. The van der Waals surface area contributed by atoms with Gasteiger partial charge in [0.05, 0.1) is 12.7 Å². The van der Waals surface area contributed by atoms with Crippen molar-refractivity contribution in [3.05, 3.63) is 71.8 Å². The normalized spacial score (nSPS) is 19.1. The number of amides is 1. The first-order valence-electron chi connectivity index (χ1n) is 8.13. The van der Waals surface area contributed by atoms with E-state index < -0.39 is 0 Å². The highest BCUT2D eigenvalue weighted by Crippen LogP contribution is 2.33. The van der Waals surface area contributed by atoms with Crippen LogP contribution in [-0.2, 0) is 0 Å². The van der Waals surface area contributed by atoms with Crippen molar-refractivity contribution in [3.63, 3.8) is 0 Å². The molecule has 0 N–H and O–H groups in total. The van der Waals surface area contributed by atoms with Gasteiger partial charge in [0.25, 0.3) is 5.91 Å². The number of rotatable bonds is 2. The van der Waals surface area contributed by atoms with Crippen molar-refractivity contribution in [1.29, 1.82) is 0 Å². The van der Waals surface area contributed by atoms with Crippen molar-refractivity contribution in [1.82, 2.24) is 9.80 Å². The number of carbonyl (C=O) groups is 1. The number of benzene rings is 2. The van der Waals surface area contributed by atoms with Crippen molar-refractivity contribution in [3.8, 4) is 0 Å². The van der Waals surface area contributed by atoms with E-state index in [4.69, 9.17) is 0 Å². The van der Waals surface area contributed by atoms with E-state index in [9.17, 15) is 4.79 Å². The van der Waals surface area contributed by atoms with Crippen LogP contribution in [0.25, 0.3) is 0 Å². The predicted octanol–water partition coefficient (Wildman–Crippen LogP) is 3.94. The van der Waals surface area contributed by atoms with E-state index in [0.29, 0.717) is 6.67 Å². The summed E-state index contributed by atoms with van der Waals surface area (Å²) < 4.78 is 0. The summed E-state index contributed by atoms with van der Waals surface area (Å²) >= 11 is 0. The van der Waals surface area contributed by atoms with E-state index in [1.807, 2.05) is 53.4 Å². The first-order chi connectivity index (χ1) is 11.0. The van der Waals surface area contributed by atoms with Gasteiger partial charge in [0.2, 0.25) is 0 Å². The van der Waals surface area contributed by atoms with Gasteiger partial charge in [0.15, 0.2) is 0 Å². The van der Waals surface area contributed by atoms with Gasteiger partial charge in [-0.1, -0.05) is 48.5 Å². The van der Waals surface area contributed by atoms with Gasteiger partial charge in [0.1, 0.15) is 0 Å². The van der Waals surface area contributed by atoms with Crippen LogP contribution in [-0.4, -0.2) is 34.5 Å². The van der Waals surface area contributed by atoms with Gasteiger partial charge < -0.3 is 4.90 Å². The SMILES string of the molecule is CC(C)(C)N1CC(c2ccccc2)N(C(=O)c2ccccc2)C1. The van der Waals surface area contributed by atoms with Crippen LogP contribution in [0.1, 0.15) is 42.7 Å². The van der Waals surface area contributed by atoms with Crippen LogP contribution in [0.15, 0.2) is 60.7 Å². The second kappa shape index (κ2) is 6.17. The number of nitrogens with zero attached hydrogens (tertiary/aromatic N) is 2. The Balaban J connectivity index is 1.93. The summed E-state index contributed by atoms with van der Waals surface area (Å²) in [7, 11) is 0. The van der Waals surface area contributed by atoms with Crippen LogP contribution in [0.2, 0.25) is 0 Å². The van der Waals surface area contributed by atoms with Gasteiger partial charge in [0, 0.05) is 17.6 Å². The molecular formula is C20H24N2O. The van der Waals surface area contributed by atoms with E-state index in [1.54, 1.807) is 0 Å². The van der Waals surface area contributed by atoms with Gasteiger partial charge in [-0.2, -0.15) is 0 Å². The maximum absolute atomic E-state index is 13.0. The Morgan fingerprint density at radius 2 is 1.52 bits per heavy atom. The van der Waals surface area contributed by atoms with E-state index in [2.05, 4.69) is 37.8 Å². The standard InChI is InChI=1S/C20H24N2O/c1-20(2,3)21-14-18(16-10-6-4-7-11-16)22(15-21)19(23)17-12-8-5-9-13-17/h4-13,18H,14-15H2,1-3H3. The smallest absolute Gasteiger partial charge is 0.255 e. The maximum Gasteiger partial charge on any atom is 0.255 e. The van der Waals surface area contributed by atoms with E-state index in [0.717, 1.165) is 12.1 Å². The molecule has 3 rings (SSSR count). The molecule has 1 aliphatic heterocycles. The Morgan fingerprint density at radius 3 is 2.09 bits per heavy atom. The minimum absolute atomic E-state index is 0.0404. The first kappa shape index (κ1) is 15.8. The third-order valence-electron chi connectivity index (χ3n) is 4.51. The van der Waals surface area contributed by atoms with Crippen molar-refractivity contribution < 1.29 is 4.79 Å². The van der Waals surface area contributed by atoms with Gasteiger partial charge in [-0.3, -0.25) is 9.69 Å². The van der Waals surface area contributed by atoms with Gasteiger partial charge >= 0.3 is 0 Å². The molecule has 1 atom stereocenters. The van der Waals surface area contributed by atoms with Gasteiger partial charge in [-0.15, -0.1) is 0 Å². The van der Waals surface area contributed by atoms with Crippen molar-refractivity contribution in [2.75, 3.05) is 13.2 Å². The van der Waals surface area contributed by atoms with Gasteiger partial charge in [-0.25, -0.2) is 0 Å². The highest BCUT2D eigenvalue weighted by Gasteiger charge is 2.39. The molecular weight excluding hydrogens is 284 g/mol. The third kappa shape index (κ3) is 3.30. The number of carbonyl (C=O) groups excluding carboxylic acids is 1. The summed E-state index contributed by atoms with van der Waals surface area (Å²) in [5, 5.41) is 0. The molecule has 3 nitrogen and oxygen atoms in total. The zero-order valence-electron chi connectivity index (χ0n) is 14.1. The molecule has 0 saturated carbocycles. The molecule has 1 unspecified atom stereocenters. The largest absolute Gasteiger partial charge is 0.317 e. The highest BCUT2D eigenvalue weighted by atomic mass is 16.2. The predicted molar refractivity (Wildman–Crippen MR) is 93.1 cm³/mol. The summed E-state index contributed by atoms with van der Waals surface area (Å²) in [4.78, 5) is 17.4. The second-order valence-electron chi connectivity index (χ2n) is 7.10. The summed E-state index contributed by atoms with van der Waals surface area (Å²) in [5.74, 6) is 0.103. The first-order valence-corrected chi connectivity index (χ1v) is 8.13. The molecule has 23 heavy (non-hydrogen) atoms. The molecule has 1 fully saturated rings. The molecule has 1 saturated heterocycles. The Kier molecular flexibility index (Phi) is 4.22. The van der Waals surface area contributed by atoms with Crippen LogP contribution in [0, 0.1) is 0 Å². The fraction of sp³-hybridized carbons (Fsp3) is 0.350. The molecule has 2 aromatic rings. The topological polar surface area (TPSA) is 23.6 Å². The van der Waals surface area contributed by atoms with Crippen LogP contribution in [0.5, 0.6) is 0 Å². The molecule has 1 aliphatic rings. The van der Waals surface area contributed by atoms with Crippen LogP contribution >= 0.6 is 0 Å². The molecule has 3 heteroatoms. The van der Waals surface area contributed by atoms with Crippen molar-refractivity contribution >= 4 is 5.91 Å². The Bertz CT molecular complexity index is 661.